The van der Waals surface area contributed by atoms with Crippen LogP contribution in [0.15, 0.2) is 36.4 Å². The van der Waals surface area contributed by atoms with Crippen LogP contribution in [0.25, 0.3) is 0 Å². The van der Waals surface area contributed by atoms with Gasteiger partial charge in [0.05, 0.1) is 13.0 Å². The Morgan fingerprint density at radius 1 is 1.19 bits per heavy atom. The van der Waals surface area contributed by atoms with Crippen molar-refractivity contribution in [2.75, 3.05) is 31.9 Å². The maximum atomic E-state index is 12.6. The van der Waals surface area contributed by atoms with Gasteiger partial charge in [-0.1, -0.05) is 6.07 Å². The molecule has 0 spiro atoms. The Balaban J connectivity index is 1.31. The smallest absolute Gasteiger partial charge is 0.387 e. The molecule has 4 rings (SSSR count). The third-order valence-electron chi connectivity index (χ3n) is 5.32. The number of nitrogens with zero attached hydrogens (tertiary/aromatic N) is 1. The van der Waals surface area contributed by atoms with Crippen LogP contribution >= 0.6 is 0 Å². The summed E-state index contributed by atoms with van der Waals surface area (Å²) in [6.07, 6.45) is 0.581. The quantitative estimate of drug-likeness (QED) is 0.669. The Kier molecular flexibility index (Phi) is 6.29. The molecular weight excluding hydrogens is 426 g/mol. The molecule has 1 saturated heterocycles. The van der Waals surface area contributed by atoms with Crippen LogP contribution in [0.2, 0.25) is 0 Å². The Labute approximate surface area is 183 Å². The third kappa shape index (κ3) is 4.68. The summed E-state index contributed by atoms with van der Waals surface area (Å²) >= 11 is 0. The van der Waals surface area contributed by atoms with Crippen LogP contribution in [0.1, 0.15) is 12.0 Å². The highest BCUT2D eigenvalue weighted by molar-refractivity contribution is 6.00. The average Bonchev–Trinajstić information content (AvgIpc) is 3.40. The van der Waals surface area contributed by atoms with Crippen LogP contribution in [-0.4, -0.2) is 45.4 Å². The number of anilines is 1. The van der Waals surface area contributed by atoms with E-state index in [1.54, 1.807) is 35.2 Å². The van der Waals surface area contributed by atoms with Gasteiger partial charge < -0.3 is 29.2 Å². The van der Waals surface area contributed by atoms with E-state index in [1.807, 2.05) is 0 Å². The van der Waals surface area contributed by atoms with Crippen molar-refractivity contribution in [2.45, 2.75) is 19.5 Å². The average molecular weight is 448 g/mol. The molecule has 2 aliphatic rings. The molecule has 0 bridgehead atoms. The lowest BCUT2D eigenvalue weighted by Crippen LogP contribution is -2.34. The van der Waals surface area contributed by atoms with Crippen LogP contribution in [0.3, 0.4) is 0 Å². The number of methoxy groups -OCH3 is 1. The number of hydrogen-bond acceptors (Lipinski definition) is 6. The Hall–Kier alpha value is -3.56. The van der Waals surface area contributed by atoms with Crippen molar-refractivity contribution in [1.82, 2.24) is 5.32 Å². The summed E-state index contributed by atoms with van der Waals surface area (Å²) in [5.41, 5.74) is 1.45. The molecule has 0 radical (unpaired) electrons. The molecule has 32 heavy (non-hydrogen) atoms. The second-order valence-corrected chi connectivity index (χ2v) is 7.35. The van der Waals surface area contributed by atoms with E-state index in [1.165, 1.54) is 13.2 Å². The number of ether oxygens (including phenoxy) is 4. The summed E-state index contributed by atoms with van der Waals surface area (Å²) in [5.74, 6) is 0.515. The van der Waals surface area contributed by atoms with Crippen molar-refractivity contribution in [3.8, 4) is 23.0 Å². The number of nitrogens with one attached hydrogen (secondary N) is 1. The summed E-state index contributed by atoms with van der Waals surface area (Å²) in [6.45, 7) is -2.20. The van der Waals surface area contributed by atoms with Crippen molar-refractivity contribution in [3.05, 3.63) is 42.0 Å². The molecule has 0 aromatic heterocycles. The van der Waals surface area contributed by atoms with E-state index in [-0.39, 0.29) is 43.1 Å². The van der Waals surface area contributed by atoms with Crippen molar-refractivity contribution in [2.24, 2.45) is 5.92 Å². The Bertz CT molecular complexity index is 1020. The lowest BCUT2D eigenvalue weighted by Gasteiger charge is -2.17. The fraction of sp³-hybridized carbons (Fsp3) is 0.364. The van der Waals surface area contributed by atoms with Gasteiger partial charge in [0.25, 0.3) is 0 Å². The number of alkyl halides is 2. The second kappa shape index (κ2) is 9.29. The van der Waals surface area contributed by atoms with E-state index in [0.717, 1.165) is 5.56 Å². The van der Waals surface area contributed by atoms with E-state index in [0.29, 0.717) is 30.2 Å². The molecular formula is C22H22F2N2O6. The highest BCUT2D eigenvalue weighted by Crippen LogP contribution is 2.37. The second-order valence-electron chi connectivity index (χ2n) is 7.35. The first-order valence-electron chi connectivity index (χ1n) is 10.0. The van der Waals surface area contributed by atoms with Crippen molar-refractivity contribution in [1.29, 1.82) is 0 Å². The van der Waals surface area contributed by atoms with Crippen molar-refractivity contribution < 1.29 is 37.3 Å². The standard InChI is InChI=1S/C22H22F2N2O6/c1-29-18-8-13(2-4-17(18)32-22(23)24)6-7-25-21(28)14-9-20(27)26(11-14)15-3-5-16-19(10-15)31-12-30-16/h2-5,8,10,14,22H,6-7,9,11-12H2,1H3,(H,25,28). The minimum absolute atomic E-state index is 0.0524. The molecule has 1 N–H and O–H groups in total. The van der Waals surface area contributed by atoms with Crippen LogP contribution in [0.5, 0.6) is 23.0 Å². The predicted octanol–water partition coefficient (Wildman–Crippen LogP) is 2.74. The first-order chi connectivity index (χ1) is 15.4. The molecule has 1 atom stereocenters. The number of benzene rings is 2. The van der Waals surface area contributed by atoms with Crippen LogP contribution in [0, 0.1) is 5.92 Å². The van der Waals surface area contributed by atoms with Gasteiger partial charge in [-0.15, -0.1) is 0 Å². The van der Waals surface area contributed by atoms with E-state index in [2.05, 4.69) is 10.1 Å². The first-order valence-corrected chi connectivity index (χ1v) is 10.0. The number of halogens is 2. The maximum absolute atomic E-state index is 12.6. The molecule has 0 saturated carbocycles. The van der Waals surface area contributed by atoms with Crippen LogP contribution in [-0.2, 0) is 16.0 Å². The predicted molar refractivity (Wildman–Crippen MR) is 109 cm³/mol. The van der Waals surface area contributed by atoms with Gasteiger partial charge >= 0.3 is 6.61 Å². The maximum Gasteiger partial charge on any atom is 0.387 e. The molecule has 2 aromatic carbocycles. The van der Waals surface area contributed by atoms with Gasteiger partial charge in [0.1, 0.15) is 0 Å². The van der Waals surface area contributed by atoms with Gasteiger partial charge in [-0.2, -0.15) is 8.78 Å². The SMILES string of the molecule is COc1cc(CCNC(=O)C2CC(=O)N(c3ccc4c(c3)OCO4)C2)ccc1OC(F)F. The molecule has 170 valence electrons. The number of fused-ring (bicyclic) bond motifs is 1. The van der Waals surface area contributed by atoms with E-state index in [4.69, 9.17) is 14.2 Å². The lowest BCUT2D eigenvalue weighted by atomic mass is 10.1. The van der Waals surface area contributed by atoms with E-state index in [9.17, 15) is 18.4 Å². The molecule has 2 heterocycles. The van der Waals surface area contributed by atoms with E-state index < -0.39 is 12.5 Å². The Morgan fingerprint density at radius 2 is 2.00 bits per heavy atom. The zero-order valence-electron chi connectivity index (χ0n) is 17.3. The topological polar surface area (TPSA) is 86.3 Å². The van der Waals surface area contributed by atoms with Crippen molar-refractivity contribution in [3.63, 3.8) is 0 Å². The molecule has 1 fully saturated rings. The Morgan fingerprint density at radius 3 is 2.78 bits per heavy atom. The van der Waals surface area contributed by atoms with Crippen LogP contribution in [0.4, 0.5) is 14.5 Å². The van der Waals surface area contributed by atoms with Gasteiger partial charge in [-0.25, -0.2) is 0 Å². The van der Waals surface area contributed by atoms with E-state index >= 15 is 0 Å². The lowest BCUT2D eigenvalue weighted by molar-refractivity contribution is -0.126. The van der Waals surface area contributed by atoms with Crippen LogP contribution < -0.4 is 29.2 Å². The fourth-order valence-electron chi connectivity index (χ4n) is 3.72. The molecule has 10 heteroatoms. The molecule has 1 unspecified atom stereocenters. The zero-order valence-corrected chi connectivity index (χ0v) is 17.3. The molecule has 2 aliphatic heterocycles. The number of carbonyl (C=O) groups excluding carboxylic acids is 2. The van der Waals surface area contributed by atoms with Crippen molar-refractivity contribution >= 4 is 17.5 Å². The summed E-state index contributed by atoms with van der Waals surface area (Å²) in [7, 11) is 1.36. The number of amides is 2. The summed E-state index contributed by atoms with van der Waals surface area (Å²) in [6, 6.07) is 9.86. The highest BCUT2D eigenvalue weighted by atomic mass is 19.3. The summed E-state index contributed by atoms with van der Waals surface area (Å²) in [5, 5.41) is 2.84. The number of hydrogen-bond donors (Lipinski definition) is 1. The summed E-state index contributed by atoms with van der Waals surface area (Å²) in [4.78, 5) is 26.6. The highest BCUT2D eigenvalue weighted by Gasteiger charge is 2.35. The normalized spacial score (nSPS) is 17.1. The third-order valence-corrected chi connectivity index (χ3v) is 5.32. The monoisotopic (exact) mass is 448 g/mol. The summed E-state index contributed by atoms with van der Waals surface area (Å²) < 4.78 is 45.0. The minimum Gasteiger partial charge on any atom is -0.493 e. The minimum atomic E-state index is -2.94. The fourth-order valence-corrected chi connectivity index (χ4v) is 3.72. The van der Waals surface area contributed by atoms with Gasteiger partial charge in [-0.3, -0.25) is 9.59 Å². The first kappa shape index (κ1) is 21.7. The number of carbonyl (C=O) groups is 2. The van der Waals surface area contributed by atoms with Gasteiger partial charge in [0, 0.05) is 31.3 Å². The molecule has 2 aromatic rings. The molecule has 8 nitrogen and oxygen atoms in total. The van der Waals surface area contributed by atoms with Gasteiger partial charge in [-0.05, 0) is 36.2 Å². The largest absolute Gasteiger partial charge is 0.493 e. The molecule has 2 amide bonds. The number of rotatable bonds is 8. The molecule has 0 aliphatic carbocycles. The zero-order chi connectivity index (χ0) is 22.7. The van der Waals surface area contributed by atoms with Gasteiger partial charge in [0.2, 0.25) is 18.6 Å². The van der Waals surface area contributed by atoms with Gasteiger partial charge in [0.15, 0.2) is 23.0 Å².